The average molecular weight is 505 g/mol. The maximum Gasteiger partial charge on any atom is 0.167 e. The maximum absolute atomic E-state index is 15.1. The molecule has 1 heterocycles. The summed E-state index contributed by atoms with van der Waals surface area (Å²) in [6.45, 7) is 4.49. The number of hydrogen-bond donors (Lipinski definition) is 0. The van der Waals surface area contributed by atoms with Gasteiger partial charge in [-0.3, -0.25) is 0 Å². The normalized spacial score (nSPS) is 24.9. The zero-order valence-electron chi connectivity index (χ0n) is 21.2. The van der Waals surface area contributed by atoms with Gasteiger partial charge in [-0.2, -0.15) is 0 Å². The first-order valence-corrected chi connectivity index (χ1v) is 13.3. The van der Waals surface area contributed by atoms with Crippen molar-refractivity contribution < 1.29 is 27.0 Å². The molecule has 0 radical (unpaired) electrons. The highest BCUT2D eigenvalue weighted by atomic mass is 19.2. The molecule has 2 aliphatic rings. The van der Waals surface area contributed by atoms with E-state index in [4.69, 9.17) is 9.47 Å². The summed E-state index contributed by atoms with van der Waals surface area (Å²) >= 11 is 0. The minimum Gasteiger partial charge on any atom is -0.352 e. The van der Waals surface area contributed by atoms with Gasteiger partial charge < -0.3 is 9.47 Å². The van der Waals surface area contributed by atoms with Gasteiger partial charge in [0.05, 0.1) is 13.2 Å². The van der Waals surface area contributed by atoms with E-state index in [1.807, 2.05) is 6.92 Å². The molecule has 0 spiro atoms. The third-order valence-corrected chi connectivity index (χ3v) is 7.51. The summed E-state index contributed by atoms with van der Waals surface area (Å²) < 4.78 is 71.1. The first kappa shape index (κ1) is 26.9. The van der Waals surface area contributed by atoms with Crippen LogP contribution in [0, 0.1) is 35.1 Å². The molecule has 196 valence electrons. The van der Waals surface area contributed by atoms with Gasteiger partial charge in [-0.1, -0.05) is 63.1 Å². The van der Waals surface area contributed by atoms with Crippen molar-refractivity contribution in [3.63, 3.8) is 0 Å². The van der Waals surface area contributed by atoms with Crippen LogP contribution in [0.4, 0.5) is 17.6 Å². The van der Waals surface area contributed by atoms with Crippen LogP contribution in [0.3, 0.4) is 0 Å². The maximum atomic E-state index is 15.1. The number of hydrogen-bond acceptors (Lipinski definition) is 2. The predicted octanol–water partition coefficient (Wildman–Crippen LogP) is 8.48. The molecule has 1 aliphatic heterocycles. The molecule has 36 heavy (non-hydrogen) atoms. The van der Waals surface area contributed by atoms with Gasteiger partial charge in [-0.05, 0) is 55.6 Å². The van der Waals surface area contributed by atoms with Crippen LogP contribution in [0.15, 0.2) is 36.4 Å². The van der Waals surface area contributed by atoms with E-state index >= 15 is 8.78 Å². The summed E-state index contributed by atoms with van der Waals surface area (Å²) in [4.78, 5) is 0. The van der Waals surface area contributed by atoms with Crippen molar-refractivity contribution in [2.45, 2.75) is 77.4 Å². The molecule has 4 rings (SSSR count). The van der Waals surface area contributed by atoms with E-state index in [0.29, 0.717) is 24.7 Å². The Labute approximate surface area is 211 Å². The molecular formula is C30H36F4O2. The molecule has 0 amide bonds. The van der Waals surface area contributed by atoms with Gasteiger partial charge in [0.15, 0.2) is 29.6 Å². The SMILES string of the molecule is CCCC=CC1CCC(C2OCC(c3ccc(-c4ccc(CCC)c(F)c4F)c(F)c3F)CO2)CC1. The summed E-state index contributed by atoms with van der Waals surface area (Å²) in [6.07, 6.45) is 11.8. The van der Waals surface area contributed by atoms with Crippen molar-refractivity contribution in [2.75, 3.05) is 13.2 Å². The van der Waals surface area contributed by atoms with Crippen LogP contribution in [0.25, 0.3) is 11.1 Å². The molecule has 2 nitrogen and oxygen atoms in total. The molecule has 0 unspecified atom stereocenters. The predicted molar refractivity (Wildman–Crippen MR) is 134 cm³/mol. The summed E-state index contributed by atoms with van der Waals surface area (Å²) in [5.74, 6) is -3.98. The number of aryl methyl sites for hydroxylation is 1. The van der Waals surface area contributed by atoms with Gasteiger partial charge in [0.1, 0.15) is 0 Å². The Kier molecular flexibility index (Phi) is 9.24. The minimum atomic E-state index is -1.19. The highest BCUT2D eigenvalue weighted by Crippen LogP contribution is 2.38. The number of benzene rings is 2. The average Bonchev–Trinajstić information content (AvgIpc) is 2.90. The third-order valence-electron chi connectivity index (χ3n) is 7.51. The van der Waals surface area contributed by atoms with Gasteiger partial charge in [0.25, 0.3) is 0 Å². The molecule has 0 bridgehead atoms. The highest BCUT2D eigenvalue weighted by molar-refractivity contribution is 5.66. The molecular weight excluding hydrogens is 468 g/mol. The van der Waals surface area contributed by atoms with Gasteiger partial charge in [-0.15, -0.1) is 0 Å². The van der Waals surface area contributed by atoms with Crippen LogP contribution >= 0.6 is 0 Å². The lowest BCUT2D eigenvalue weighted by Gasteiger charge is -2.37. The molecule has 6 heteroatoms. The molecule has 2 fully saturated rings. The zero-order valence-corrected chi connectivity index (χ0v) is 21.2. The van der Waals surface area contributed by atoms with Gasteiger partial charge in [-0.25, -0.2) is 17.6 Å². The number of rotatable bonds is 8. The van der Waals surface area contributed by atoms with E-state index < -0.39 is 29.2 Å². The number of unbranched alkanes of at least 4 members (excludes halogenated alkanes) is 1. The Morgan fingerprint density at radius 2 is 1.42 bits per heavy atom. The molecule has 1 saturated carbocycles. The number of ether oxygens (including phenoxy) is 2. The van der Waals surface area contributed by atoms with E-state index in [1.165, 1.54) is 24.3 Å². The van der Waals surface area contributed by atoms with Crippen molar-refractivity contribution in [2.24, 2.45) is 11.8 Å². The standard InChI is InChI=1S/C30H36F4O2/c1-3-5-6-8-19-9-11-21(12-10-19)30-35-17-22(18-36-30)23-15-16-25(29(34)27(23)32)24-14-13-20(7-4-2)26(31)28(24)33/h6,8,13-16,19,21-22,30H,3-5,7,9-12,17-18H2,1-2H3. The quantitative estimate of drug-likeness (QED) is 0.265. The molecule has 2 aromatic carbocycles. The van der Waals surface area contributed by atoms with Crippen molar-refractivity contribution >= 4 is 0 Å². The van der Waals surface area contributed by atoms with Crippen molar-refractivity contribution in [1.82, 2.24) is 0 Å². The summed E-state index contributed by atoms with van der Waals surface area (Å²) in [6, 6.07) is 5.48. The fourth-order valence-electron chi connectivity index (χ4n) is 5.38. The second-order valence-corrected chi connectivity index (χ2v) is 10.1. The molecule has 1 aliphatic carbocycles. The third kappa shape index (κ3) is 5.86. The van der Waals surface area contributed by atoms with Gasteiger partial charge >= 0.3 is 0 Å². The van der Waals surface area contributed by atoms with Gasteiger partial charge in [0.2, 0.25) is 0 Å². The molecule has 2 aromatic rings. The fourth-order valence-corrected chi connectivity index (χ4v) is 5.38. The van der Waals surface area contributed by atoms with E-state index in [-0.39, 0.29) is 41.8 Å². The van der Waals surface area contributed by atoms with Crippen LogP contribution in [0.2, 0.25) is 0 Å². The lowest BCUT2D eigenvalue weighted by atomic mass is 9.81. The Morgan fingerprint density at radius 3 is 2.06 bits per heavy atom. The Bertz CT molecular complexity index is 1050. The Hall–Kier alpha value is -2.18. The van der Waals surface area contributed by atoms with Crippen molar-refractivity contribution in [3.05, 3.63) is 70.8 Å². The molecule has 0 atom stereocenters. The Morgan fingerprint density at radius 1 is 0.778 bits per heavy atom. The second-order valence-electron chi connectivity index (χ2n) is 10.1. The second kappa shape index (κ2) is 12.4. The number of allylic oxidation sites excluding steroid dienone is 2. The number of halogens is 4. The largest absolute Gasteiger partial charge is 0.352 e. The van der Waals surface area contributed by atoms with Crippen molar-refractivity contribution in [1.29, 1.82) is 0 Å². The van der Waals surface area contributed by atoms with E-state index in [2.05, 4.69) is 19.1 Å². The summed E-state index contributed by atoms with van der Waals surface area (Å²) in [5.41, 5.74) is -0.227. The van der Waals surface area contributed by atoms with E-state index in [9.17, 15) is 8.78 Å². The lowest BCUT2D eigenvalue weighted by molar-refractivity contribution is -0.217. The first-order chi connectivity index (χ1) is 17.4. The van der Waals surface area contributed by atoms with Crippen LogP contribution in [-0.4, -0.2) is 19.5 Å². The molecule has 1 saturated heterocycles. The minimum absolute atomic E-state index is 0.128. The molecule has 0 N–H and O–H groups in total. The van der Waals surface area contributed by atoms with Crippen LogP contribution in [-0.2, 0) is 15.9 Å². The Balaban J connectivity index is 1.39. The zero-order chi connectivity index (χ0) is 25.7. The molecule has 0 aromatic heterocycles. The van der Waals surface area contributed by atoms with E-state index in [1.54, 1.807) is 0 Å². The summed E-state index contributed by atoms with van der Waals surface area (Å²) in [5, 5.41) is 0. The lowest BCUT2D eigenvalue weighted by Crippen LogP contribution is -2.38. The van der Waals surface area contributed by atoms with Crippen LogP contribution in [0.1, 0.15) is 75.8 Å². The monoisotopic (exact) mass is 504 g/mol. The van der Waals surface area contributed by atoms with Crippen molar-refractivity contribution in [3.8, 4) is 11.1 Å². The highest BCUT2D eigenvalue weighted by Gasteiger charge is 2.34. The van der Waals surface area contributed by atoms with Crippen LogP contribution in [0.5, 0.6) is 0 Å². The smallest absolute Gasteiger partial charge is 0.167 e. The van der Waals surface area contributed by atoms with Crippen LogP contribution < -0.4 is 0 Å². The fraction of sp³-hybridized carbons (Fsp3) is 0.533. The first-order valence-electron chi connectivity index (χ1n) is 13.3. The van der Waals surface area contributed by atoms with Gasteiger partial charge in [0, 0.05) is 23.0 Å². The van der Waals surface area contributed by atoms with E-state index in [0.717, 1.165) is 38.5 Å². The summed E-state index contributed by atoms with van der Waals surface area (Å²) in [7, 11) is 0. The topological polar surface area (TPSA) is 18.5 Å².